The molecular formula is C12H19N3S. The van der Waals surface area contributed by atoms with Gasteiger partial charge in [-0.1, -0.05) is 24.2 Å². The van der Waals surface area contributed by atoms with Crippen molar-refractivity contribution in [1.29, 1.82) is 0 Å². The van der Waals surface area contributed by atoms with E-state index in [9.17, 15) is 0 Å². The molecule has 0 bridgehead atoms. The average molecular weight is 237 g/mol. The van der Waals surface area contributed by atoms with Crippen molar-refractivity contribution in [2.45, 2.75) is 38.5 Å². The fourth-order valence-corrected chi connectivity index (χ4v) is 2.90. The normalized spacial score (nSPS) is 16.9. The minimum absolute atomic E-state index is 0.917. The van der Waals surface area contributed by atoms with Crippen LogP contribution in [0.25, 0.3) is 0 Å². The van der Waals surface area contributed by atoms with Gasteiger partial charge in [-0.25, -0.2) is 9.98 Å². The first-order valence-corrected chi connectivity index (χ1v) is 6.76. The zero-order chi connectivity index (χ0) is 11.4. The summed E-state index contributed by atoms with van der Waals surface area (Å²) in [6.45, 7) is 0. The Morgan fingerprint density at radius 1 is 1.19 bits per heavy atom. The molecule has 0 N–H and O–H groups in total. The molecule has 1 aliphatic rings. The molecule has 0 spiro atoms. The van der Waals surface area contributed by atoms with E-state index in [2.05, 4.69) is 9.98 Å². The monoisotopic (exact) mass is 237 g/mol. The molecule has 0 fully saturated rings. The van der Waals surface area contributed by atoms with Gasteiger partial charge in [-0.05, 0) is 25.7 Å². The van der Waals surface area contributed by atoms with E-state index in [1.165, 1.54) is 42.7 Å². The Balaban J connectivity index is 2.14. The first-order valence-electron chi connectivity index (χ1n) is 5.95. The molecule has 2 rings (SSSR count). The molecule has 16 heavy (non-hydrogen) atoms. The molecule has 0 atom stereocenters. The molecule has 0 radical (unpaired) electrons. The quantitative estimate of drug-likeness (QED) is 0.584. The fourth-order valence-electron chi connectivity index (χ4n) is 1.91. The molecule has 88 valence electrons. The maximum absolute atomic E-state index is 4.62. The number of hydrogen-bond donors (Lipinski definition) is 0. The largest absolute Gasteiger partial charge is 0.369 e. The Morgan fingerprint density at radius 3 is 2.69 bits per heavy atom. The van der Waals surface area contributed by atoms with Gasteiger partial charge >= 0.3 is 0 Å². The molecule has 0 saturated heterocycles. The average Bonchev–Trinajstić information content (AvgIpc) is 2.57. The number of aromatic nitrogens is 1. The van der Waals surface area contributed by atoms with E-state index < -0.39 is 0 Å². The van der Waals surface area contributed by atoms with Gasteiger partial charge in [0.1, 0.15) is 0 Å². The van der Waals surface area contributed by atoms with Crippen molar-refractivity contribution in [2.24, 2.45) is 4.99 Å². The summed E-state index contributed by atoms with van der Waals surface area (Å²) in [5.74, 6) is 0. The Kier molecular flexibility index (Phi) is 3.93. The van der Waals surface area contributed by atoms with Crippen LogP contribution >= 0.6 is 11.3 Å². The zero-order valence-electron chi connectivity index (χ0n) is 10.1. The minimum Gasteiger partial charge on any atom is -0.369 e. The van der Waals surface area contributed by atoms with Crippen LogP contribution in [-0.4, -0.2) is 30.3 Å². The highest BCUT2D eigenvalue weighted by atomic mass is 32.1. The molecular weight excluding hydrogens is 218 g/mol. The SMILES string of the molecule is CN(C)C=Nc1nc2c(s1)CCCCCC2. The molecule has 0 amide bonds. The predicted molar refractivity (Wildman–Crippen MR) is 69.8 cm³/mol. The lowest BCUT2D eigenvalue weighted by Crippen LogP contribution is -2.06. The Hall–Kier alpha value is -0.900. The van der Waals surface area contributed by atoms with Crippen LogP contribution in [-0.2, 0) is 12.8 Å². The molecule has 1 heterocycles. The van der Waals surface area contributed by atoms with Gasteiger partial charge in [-0.2, -0.15) is 0 Å². The second-order valence-electron chi connectivity index (χ2n) is 4.49. The number of fused-ring (bicyclic) bond motifs is 1. The van der Waals surface area contributed by atoms with Gasteiger partial charge in [0.15, 0.2) is 0 Å². The summed E-state index contributed by atoms with van der Waals surface area (Å²) < 4.78 is 0. The first-order chi connectivity index (χ1) is 7.75. The van der Waals surface area contributed by atoms with Gasteiger partial charge < -0.3 is 4.90 Å². The lowest BCUT2D eigenvalue weighted by atomic mass is 10.0. The molecule has 1 aromatic rings. The second-order valence-corrected chi connectivity index (χ2v) is 5.55. The van der Waals surface area contributed by atoms with Crippen molar-refractivity contribution >= 4 is 22.8 Å². The minimum atomic E-state index is 0.917. The second kappa shape index (κ2) is 5.43. The first kappa shape index (κ1) is 11.6. The molecule has 4 heteroatoms. The van der Waals surface area contributed by atoms with Gasteiger partial charge in [0.05, 0.1) is 12.0 Å². The molecule has 1 aromatic heterocycles. The molecule has 0 aliphatic heterocycles. The third-order valence-corrected chi connectivity index (χ3v) is 3.80. The summed E-state index contributed by atoms with van der Waals surface area (Å²) in [6, 6.07) is 0. The highest BCUT2D eigenvalue weighted by Crippen LogP contribution is 2.29. The van der Waals surface area contributed by atoms with Crippen molar-refractivity contribution < 1.29 is 0 Å². The highest BCUT2D eigenvalue weighted by Gasteiger charge is 2.12. The van der Waals surface area contributed by atoms with Crippen LogP contribution in [0, 0.1) is 0 Å². The standard InChI is InChI=1S/C12H19N3S/c1-15(2)9-13-12-14-10-7-5-3-4-6-8-11(10)16-12/h9H,3-8H2,1-2H3. The number of thiazole rings is 1. The summed E-state index contributed by atoms with van der Waals surface area (Å²) in [4.78, 5) is 12.4. The lowest BCUT2D eigenvalue weighted by Gasteiger charge is -2.06. The van der Waals surface area contributed by atoms with Crippen molar-refractivity contribution in [2.75, 3.05) is 14.1 Å². The zero-order valence-corrected chi connectivity index (χ0v) is 10.9. The van der Waals surface area contributed by atoms with E-state index in [4.69, 9.17) is 0 Å². The van der Waals surface area contributed by atoms with Crippen LogP contribution in [0.1, 0.15) is 36.3 Å². The summed E-state index contributed by atoms with van der Waals surface area (Å²) >= 11 is 1.76. The summed E-state index contributed by atoms with van der Waals surface area (Å²) in [7, 11) is 3.96. The highest BCUT2D eigenvalue weighted by molar-refractivity contribution is 7.15. The van der Waals surface area contributed by atoms with Crippen LogP contribution < -0.4 is 0 Å². The van der Waals surface area contributed by atoms with Crippen LogP contribution in [0.3, 0.4) is 0 Å². The summed E-state index contributed by atoms with van der Waals surface area (Å²) in [5, 5.41) is 0.917. The van der Waals surface area contributed by atoms with Crippen molar-refractivity contribution in [3.63, 3.8) is 0 Å². The topological polar surface area (TPSA) is 28.5 Å². The Morgan fingerprint density at radius 2 is 1.94 bits per heavy atom. The summed E-state index contributed by atoms with van der Waals surface area (Å²) in [6.07, 6.45) is 9.49. The van der Waals surface area contributed by atoms with Gasteiger partial charge in [0, 0.05) is 19.0 Å². The third kappa shape index (κ3) is 3.04. The molecule has 0 aromatic carbocycles. The molecule has 1 aliphatic carbocycles. The third-order valence-electron chi connectivity index (χ3n) is 2.73. The van der Waals surface area contributed by atoms with Crippen molar-refractivity contribution in [1.82, 2.24) is 9.88 Å². The van der Waals surface area contributed by atoms with E-state index in [-0.39, 0.29) is 0 Å². The van der Waals surface area contributed by atoms with Crippen molar-refractivity contribution in [3.05, 3.63) is 10.6 Å². The van der Waals surface area contributed by atoms with E-state index in [0.717, 1.165) is 11.6 Å². The number of aryl methyl sites for hydroxylation is 2. The smallest absolute Gasteiger partial charge is 0.210 e. The van der Waals surface area contributed by atoms with Crippen LogP contribution in [0.4, 0.5) is 5.13 Å². The Bertz CT molecular complexity index is 343. The molecule has 3 nitrogen and oxygen atoms in total. The number of nitrogens with zero attached hydrogens (tertiary/aromatic N) is 3. The number of rotatable bonds is 2. The van der Waals surface area contributed by atoms with Crippen LogP contribution in [0.15, 0.2) is 4.99 Å². The van der Waals surface area contributed by atoms with Crippen LogP contribution in [0.2, 0.25) is 0 Å². The van der Waals surface area contributed by atoms with Gasteiger partial charge in [0.2, 0.25) is 5.13 Å². The molecule has 0 unspecified atom stereocenters. The van der Waals surface area contributed by atoms with Crippen molar-refractivity contribution in [3.8, 4) is 0 Å². The fraction of sp³-hybridized carbons (Fsp3) is 0.667. The van der Waals surface area contributed by atoms with E-state index >= 15 is 0 Å². The van der Waals surface area contributed by atoms with Gasteiger partial charge in [0.25, 0.3) is 0 Å². The predicted octanol–water partition coefficient (Wildman–Crippen LogP) is 3.02. The van der Waals surface area contributed by atoms with Gasteiger partial charge in [-0.15, -0.1) is 0 Å². The van der Waals surface area contributed by atoms with E-state index in [0.29, 0.717) is 0 Å². The number of hydrogen-bond acceptors (Lipinski definition) is 3. The maximum atomic E-state index is 4.62. The van der Waals surface area contributed by atoms with E-state index in [1.807, 2.05) is 25.3 Å². The molecule has 0 saturated carbocycles. The summed E-state index contributed by atoms with van der Waals surface area (Å²) in [5.41, 5.74) is 1.30. The van der Waals surface area contributed by atoms with Crippen LogP contribution in [0.5, 0.6) is 0 Å². The number of aliphatic imine (C=N–C) groups is 1. The Labute approximate surface area is 101 Å². The van der Waals surface area contributed by atoms with E-state index in [1.54, 1.807) is 11.3 Å². The van der Waals surface area contributed by atoms with Gasteiger partial charge in [-0.3, -0.25) is 0 Å². The maximum Gasteiger partial charge on any atom is 0.210 e. The lowest BCUT2D eigenvalue weighted by molar-refractivity contribution is 0.615.